The molecule has 0 atom stereocenters. The molecule has 0 spiro atoms. The smallest absolute Gasteiger partial charge is 0.296 e. The second-order valence-electron chi connectivity index (χ2n) is 3.23. The highest BCUT2D eigenvalue weighted by Gasteiger charge is 2.27. The van der Waals surface area contributed by atoms with E-state index in [2.05, 4.69) is 10.5 Å². The molecule has 1 heterocycles. The molecule has 1 aromatic rings. The Bertz CT molecular complexity index is 491. The highest BCUT2D eigenvalue weighted by molar-refractivity contribution is 6.51. The number of amides is 1. The van der Waals surface area contributed by atoms with E-state index in [0.29, 0.717) is 22.5 Å². The molecule has 1 amide bonds. The van der Waals surface area contributed by atoms with Gasteiger partial charge in [0.25, 0.3) is 11.7 Å². The number of carbonyl (C=O) groups excluding carboxylic acids is 2. The summed E-state index contributed by atoms with van der Waals surface area (Å²) in [4.78, 5) is 22.4. The summed E-state index contributed by atoms with van der Waals surface area (Å²) < 4.78 is 0. The third kappa shape index (κ3) is 1.38. The molecule has 0 saturated heterocycles. The zero-order chi connectivity index (χ0) is 11.0. The summed E-state index contributed by atoms with van der Waals surface area (Å²) in [5, 5.41) is 14.0. The molecule has 2 rings (SSSR count). The van der Waals surface area contributed by atoms with E-state index >= 15 is 0 Å². The van der Waals surface area contributed by atoms with E-state index in [9.17, 15) is 9.59 Å². The number of nitrogens with one attached hydrogen (secondary N) is 1. The lowest BCUT2D eigenvalue weighted by atomic mass is 10.1. The first-order valence-corrected chi connectivity index (χ1v) is 4.32. The van der Waals surface area contributed by atoms with E-state index in [1.54, 1.807) is 19.1 Å². The van der Waals surface area contributed by atoms with E-state index in [1.165, 1.54) is 6.07 Å². The maximum absolute atomic E-state index is 11.3. The fraction of sp³-hybridized carbons (Fsp3) is 0.100. The molecule has 0 bridgehead atoms. The quantitative estimate of drug-likeness (QED) is 0.310. The molecule has 5 heteroatoms. The van der Waals surface area contributed by atoms with Crippen molar-refractivity contribution in [2.75, 3.05) is 5.32 Å². The van der Waals surface area contributed by atoms with Crippen molar-refractivity contribution in [1.29, 1.82) is 0 Å². The Morgan fingerprint density at radius 2 is 2.13 bits per heavy atom. The van der Waals surface area contributed by atoms with Crippen molar-refractivity contribution in [2.24, 2.45) is 5.16 Å². The van der Waals surface area contributed by atoms with Crippen LogP contribution < -0.4 is 5.32 Å². The van der Waals surface area contributed by atoms with Gasteiger partial charge in [0.05, 0.1) is 17.0 Å². The predicted molar refractivity (Wildman–Crippen MR) is 53.4 cm³/mol. The molecule has 0 aliphatic carbocycles. The Morgan fingerprint density at radius 1 is 1.40 bits per heavy atom. The van der Waals surface area contributed by atoms with Gasteiger partial charge in [-0.15, -0.1) is 0 Å². The maximum Gasteiger partial charge on any atom is 0.296 e. The zero-order valence-electron chi connectivity index (χ0n) is 7.94. The number of fused-ring (bicyclic) bond motifs is 1. The average Bonchev–Trinajstić information content (AvgIpc) is 2.54. The van der Waals surface area contributed by atoms with E-state index in [0.717, 1.165) is 0 Å². The Morgan fingerprint density at radius 3 is 2.80 bits per heavy atom. The highest BCUT2D eigenvalue weighted by atomic mass is 16.4. The Hall–Kier alpha value is -2.17. The van der Waals surface area contributed by atoms with Crippen LogP contribution in [0.15, 0.2) is 23.4 Å². The van der Waals surface area contributed by atoms with Gasteiger partial charge < -0.3 is 10.5 Å². The van der Waals surface area contributed by atoms with Crippen molar-refractivity contribution in [1.82, 2.24) is 0 Å². The van der Waals surface area contributed by atoms with Crippen LogP contribution in [0.4, 0.5) is 5.69 Å². The first-order chi connectivity index (χ1) is 7.13. The van der Waals surface area contributed by atoms with Gasteiger partial charge in [-0.2, -0.15) is 0 Å². The highest BCUT2D eigenvalue weighted by Crippen LogP contribution is 2.24. The van der Waals surface area contributed by atoms with Crippen LogP contribution in [0, 0.1) is 0 Å². The molecule has 15 heavy (non-hydrogen) atoms. The molecule has 0 unspecified atom stereocenters. The second-order valence-corrected chi connectivity index (χ2v) is 3.23. The molecule has 0 fully saturated rings. The second kappa shape index (κ2) is 3.20. The van der Waals surface area contributed by atoms with E-state index in [1.807, 2.05) is 0 Å². The first kappa shape index (κ1) is 9.39. The van der Waals surface area contributed by atoms with Crippen LogP contribution in [-0.4, -0.2) is 22.6 Å². The van der Waals surface area contributed by atoms with Gasteiger partial charge in [0.15, 0.2) is 0 Å². The van der Waals surface area contributed by atoms with Crippen LogP contribution in [0.3, 0.4) is 0 Å². The third-order valence-electron chi connectivity index (χ3n) is 2.29. The van der Waals surface area contributed by atoms with Gasteiger partial charge in [-0.3, -0.25) is 9.59 Å². The van der Waals surface area contributed by atoms with E-state index in [-0.39, 0.29) is 0 Å². The number of Topliss-reactive ketones (excluding diaryl/α,β-unsaturated/α-hetero) is 1. The summed E-state index contributed by atoms with van der Waals surface area (Å²) in [7, 11) is 0. The van der Waals surface area contributed by atoms with Gasteiger partial charge in [0.2, 0.25) is 0 Å². The van der Waals surface area contributed by atoms with Gasteiger partial charge in [-0.1, -0.05) is 11.2 Å². The van der Waals surface area contributed by atoms with Crippen molar-refractivity contribution >= 4 is 23.1 Å². The maximum atomic E-state index is 11.3. The number of anilines is 1. The Balaban J connectivity index is 2.53. The largest absolute Gasteiger partial charge is 0.411 e. The van der Waals surface area contributed by atoms with Gasteiger partial charge in [-0.25, -0.2) is 0 Å². The van der Waals surface area contributed by atoms with Crippen molar-refractivity contribution in [3.63, 3.8) is 0 Å². The number of carbonyl (C=O) groups is 2. The first-order valence-electron chi connectivity index (χ1n) is 4.32. The van der Waals surface area contributed by atoms with Crippen molar-refractivity contribution in [3.8, 4) is 0 Å². The number of ketones is 1. The minimum Gasteiger partial charge on any atom is -0.411 e. The molecule has 5 nitrogen and oxygen atoms in total. The molecule has 1 aliphatic heterocycles. The molecule has 1 aliphatic rings. The van der Waals surface area contributed by atoms with Crippen molar-refractivity contribution < 1.29 is 14.8 Å². The fourth-order valence-electron chi connectivity index (χ4n) is 1.43. The lowest BCUT2D eigenvalue weighted by Crippen LogP contribution is -2.12. The minimum atomic E-state index is -0.624. The number of hydrogen-bond donors (Lipinski definition) is 2. The van der Waals surface area contributed by atoms with Crippen LogP contribution in [0.25, 0.3) is 0 Å². The standard InChI is InChI=1S/C10H8N2O3/c1-5(12-15)6-2-3-8-7(4-6)9(13)10(14)11-8/h2-4,15H,1H3,(H,11,13,14). The van der Waals surface area contributed by atoms with Gasteiger partial charge in [0.1, 0.15) is 0 Å². The summed E-state index contributed by atoms with van der Waals surface area (Å²) in [6.07, 6.45) is 0. The van der Waals surface area contributed by atoms with Gasteiger partial charge in [0, 0.05) is 0 Å². The molecular formula is C10H8N2O3. The lowest BCUT2D eigenvalue weighted by Gasteiger charge is -2.00. The van der Waals surface area contributed by atoms with E-state index < -0.39 is 11.7 Å². The van der Waals surface area contributed by atoms with Crippen LogP contribution in [0.5, 0.6) is 0 Å². The molecule has 0 aromatic heterocycles. The molecule has 0 saturated carbocycles. The fourth-order valence-corrected chi connectivity index (χ4v) is 1.43. The van der Waals surface area contributed by atoms with Gasteiger partial charge >= 0.3 is 0 Å². The van der Waals surface area contributed by atoms with Crippen molar-refractivity contribution in [3.05, 3.63) is 29.3 Å². The van der Waals surface area contributed by atoms with Gasteiger partial charge in [-0.05, 0) is 24.6 Å². The Kier molecular flexibility index (Phi) is 2.00. The monoisotopic (exact) mass is 204 g/mol. The van der Waals surface area contributed by atoms with Crippen LogP contribution >= 0.6 is 0 Å². The van der Waals surface area contributed by atoms with Crippen LogP contribution in [-0.2, 0) is 4.79 Å². The molecule has 2 N–H and O–H groups in total. The van der Waals surface area contributed by atoms with E-state index in [4.69, 9.17) is 5.21 Å². The third-order valence-corrected chi connectivity index (χ3v) is 2.29. The Labute approximate surface area is 85.4 Å². The number of hydrogen-bond acceptors (Lipinski definition) is 4. The molecule has 1 aromatic carbocycles. The molecule has 0 radical (unpaired) electrons. The lowest BCUT2D eigenvalue weighted by molar-refractivity contribution is -0.112. The topological polar surface area (TPSA) is 78.8 Å². The SMILES string of the molecule is CC(=NO)c1ccc2c(c1)C(=O)C(=O)N2. The number of nitrogens with zero attached hydrogens (tertiary/aromatic N) is 1. The minimum absolute atomic E-state index is 0.320. The molecule has 76 valence electrons. The summed E-state index contributed by atoms with van der Waals surface area (Å²) in [5.74, 6) is -1.18. The number of benzene rings is 1. The average molecular weight is 204 g/mol. The van der Waals surface area contributed by atoms with Crippen LogP contribution in [0.2, 0.25) is 0 Å². The van der Waals surface area contributed by atoms with Crippen LogP contribution in [0.1, 0.15) is 22.8 Å². The summed E-state index contributed by atoms with van der Waals surface area (Å²) in [6.45, 7) is 1.61. The summed E-state index contributed by atoms with van der Waals surface area (Å²) in [6, 6.07) is 4.82. The summed E-state index contributed by atoms with van der Waals surface area (Å²) >= 11 is 0. The predicted octanol–water partition coefficient (Wildman–Crippen LogP) is 1.02. The zero-order valence-corrected chi connectivity index (χ0v) is 7.94. The van der Waals surface area contributed by atoms with Crippen molar-refractivity contribution in [2.45, 2.75) is 6.92 Å². The molecular weight excluding hydrogens is 196 g/mol. The normalized spacial score (nSPS) is 15.1. The summed E-state index contributed by atoms with van der Waals surface area (Å²) in [5.41, 5.74) is 1.83. The number of rotatable bonds is 1. The number of oxime groups is 1.